The molecule has 1 unspecified atom stereocenters. The monoisotopic (exact) mass is 840 g/mol. The summed E-state index contributed by atoms with van der Waals surface area (Å²) in [5, 5.41) is 5.83. The zero-order valence-electron chi connectivity index (χ0n) is 36.0. The molecule has 4 aromatic heterocycles. The van der Waals surface area contributed by atoms with Gasteiger partial charge in [-0.05, 0) is 108 Å². The number of benzene rings is 7. The van der Waals surface area contributed by atoms with Crippen LogP contribution in [0.1, 0.15) is 37.8 Å². The zero-order valence-corrected chi connectivity index (χ0v) is 36.9. The van der Waals surface area contributed by atoms with Crippen LogP contribution in [0, 0.1) is 5.82 Å². The lowest BCUT2D eigenvalue weighted by atomic mass is 9.89. The summed E-state index contributed by atoms with van der Waals surface area (Å²) in [7, 11) is -2.03. The highest BCUT2D eigenvalue weighted by Crippen LogP contribution is 2.51. The van der Waals surface area contributed by atoms with E-state index in [1.807, 2.05) is 37.3 Å². The van der Waals surface area contributed by atoms with Crippen molar-refractivity contribution in [1.29, 1.82) is 0 Å². The first kappa shape index (κ1) is 35.0. The summed E-state index contributed by atoms with van der Waals surface area (Å²) in [6, 6.07) is 53.3. The first-order chi connectivity index (χ1) is 30.4. The predicted molar refractivity (Wildman–Crippen MR) is 255 cm³/mol. The van der Waals surface area contributed by atoms with Crippen molar-refractivity contribution in [1.82, 2.24) is 4.57 Å². The van der Waals surface area contributed by atoms with Crippen molar-refractivity contribution in [3.8, 4) is 39.5 Å². The van der Waals surface area contributed by atoms with Gasteiger partial charge in [0.05, 0.1) is 30.3 Å². The van der Waals surface area contributed by atoms with E-state index in [0.29, 0.717) is 0 Å². The maximum Gasteiger partial charge on any atom is 0.364 e. The lowest BCUT2D eigenvalue weighted by Gasteiger charge is -2.25. The molecule has 1 spiro atoms. The van der Waals surface area contributed by atoms with Crippen molar-refractivity contribution in [3.63, 3.8) is 0 Å². The van der Waals surface area contributed by atoms with E-state index in [-0.39, 0.29) is 5.82 Å². The molecular formula is C55H42FN3OSSi+2. The summed E-state index contributed by atoms with van der Waals surface area (Å²) in [5.41, 5.74) is 12.5. The Morgan fingerprint density at radius 2 is 1.45 bits per heavy atom. The highest BCUT2D eigenvalue weighted by Gasteiger charge is 2.66. The van der Waals surface area contributed by atoms with Crippen LogP contribution in [0.25, 0.3) is 92.6 Å². The molecule has 4 nitrogen and oxygen atoms in total. The van der Waals surface area contributed by atoms with E-state index in [2.05, 4.69) is 161 Å². The van der Waals surface area contributed by atoms with E-state index < -0.39 is 19.6 Å². The molecule has 0 fully saturated rings. The fourth-order valence-electron chi connectivity index (χ4n) is 10.8. The van der Waals surface area contributed by atoms with E-state index in [9.17, 15) is 5.76 Å². The molecular weight excluding hydrogens is 798 g/mol. The number of furan rings is 1. The largest absolute Gasteiger partial charge is 0.456 e. The van der Waals surface area contributed by atoms with Crippen molar-refractivity contribution in [3.05, 3.63) is 180 Å². The van der Waals surface area contributed by atoms with Crippen molar-refractivity contribution >= 4 is 77.7 Å². The molecule has 0 saturated heterocycles. The summed E-state index contributed by atoms with van der Waals surface area (Å²) in [6.07, 6.45) is 2.42. The highest BCUT2D eigenvalue weighted by molar-refractivity contribution is 7.25. The average molecular weight is 841 g/mol. The normalized spacial score (nSPS) is 15.9. The number of rotatable bonds is 4. The third-order valence-electron chi connectivity index (χ3n) is 13.5. The van der Waals surface area contributed by atoms with E-state index >= 15 is 0 Å². The number of imidazole rings is 1. The number of aromatic nitrogens is 3. The Hall–Kier alpha value is -6.67. The highest BCUT2D eigenvalue weighted by atomic mass is 32.1. The van der Waals surface area contributed by atoms with E-state index in [4.69, 9.17) is 4.42 Å². The van der Waals surface area contributed by atoms with Gasteiger partial charge in [-0.2, -0.15) is 4.57 Å². The molecule has 0 N–H and O–H groups in total. The van der Waals surface area contributed by atoms with Gasteiger partial charge in [0.1, 0.15) is 22.7 Å². The van der Waals surface area contributed by atoms with Crippen LogP contribution in [-0.4, -0.2) is 12.6 Å². The van der Waals surface area contributed by atoms with Crippen LogP contribution in [0.15, 0.2) is 162 Å². The zero-order chi connectivity index (χ0) is 42.7. The number of halogens is 1. The number of nitrogens with zero attached hydrogens (tertiary/aromatic N) is 3. The SMILES string of the molecule is [2H]C(C)(C)c1cc2[n+](cc1[Si](C)(C)C)C1(c3ccccc3-2)c2cc3oc4cc(-c5cccc(F)c5)ccc4c3cc2-c2n(-c3ccc4sc5ccccc5c4c3)c3ccccc3[n+]21. The molecule has 11 aromatic rings. The number of hydrogen-bond donors (Lipinski definition) is 0. The van der Waals surface area contributed by atoms with Gasteiger partial charge in [0, 0.05) is 43.6 Å². The molecule has 0 saturated carbocycles. The van der Waals surface area contributed by atoms with Crippen LogP contribution < -0.4 is 14.3 Å². The minimum absolute atomic E-state index is 0.265. The quantitative estimate of drug-likeness (QED) is 0.128. The molecule has 2 aliphatic rings. The summed E-state index contributed by atoms with van der Waals surface area (Å²) in [4.78, 5) is 0. The van der Waals surface area contributed by atoms with Gasteiger partial charge in [0.25, 0.3) is 0 Å². The van der Waals surface area contributed by atoms with Crippen molar-refractivity contribution in [2.24, 2.45) is 0 Å². The lowest BCUT2D eigenvalue weighted by molar-refractivity contribution is -0.944. The molecule has 0 aliphatic carbocycles. The second-order valence-electron chi connectivity index (χ2n) is 18.3. The van der Waals surface area contributed by atoms with Crippen molar-refractivity contribution in [2.45, 2.75) is 45.0 Å². The maximum atomic E-state index is 14.4. The maximum absolute atomic E-state index is 14.4. The van der Waals surface area contributed by atoms with Gasteiger partial charge in [-0.3, -0.25) is 0 Å². The third-order valence-corrected chi connectivity index (χ3v) is 16.6. The summed E-state index contributed by atoms with van der Waals surface area (Å²) in [6.45, 7) is 11.2. The Kier molecular flexibility index (Phi) is 7.03. The minimum atomic E-state index is -2.03. The minimum Gasteiger partial charge on any atom is -0.456 e. The van der Waals surface area contributed by atoms with Gasteiger partial charge in [0.2, 0.25) is 5.69 Å². The first-order valence-electron chi connectivity index (χ1n) is 21.9. The van der Waals surface area contributed by atoms with Gasteiger partial charge in [-0.15, -0.1) is 20.5 Å². The lowest BCUT2D eigenvalue weighted by Crippen LogP contribution is -2.72. The topological polar surface area (TPSA) is 25.8 Å². The Morgan fingerprint density at radius 3 is 2.31 bits per heavy atom. The Labute approximate surface area is 364 Å². The van der Waals surface area contributed by atoms with Crippen LogP contribution in [-0.2, 0) is 5.66 Å². The van der Waals surface area contributed by atoms with E-state index in [0.717, 1.165) is 83.6 Å². The molecule has 1 atom stereocenters. The first-order valence-corrected chi connectivity index (χ1v) is 25.7. The summed E-state index contributed by atoms with van der Waals surface area (Å²) >= 11 is 1.84. The molecule has 62 heavy (non-hydrogen) atoms. The van der Waals surface area contributed by atoms with Crippen LogP contribution in [0.4, 0.5) is 4.39 Å². The summed E-state index contributed by atoms with van der Waals surface area (Å²) in [5.74, 6) is 0.0270. The van der Waals surface area contributed by atoms with Crippen molar-refractivity contribution in [2.75, 3.05) is 0 Å². The van der Waals surface area contributed by atoms with Gasteiger partial charge in [0.15, 0.2) is 17.2 Å². The average Bonchev–Trinajstić information content (AvgIpc) is 4.05. The van der Waals surface area contributed by atoms with E-state index in [1.54, 1.807) is 12.1 Å². The van der Waals surface area contributed by atoms with Gasteiger partial charge >= 0.3 is 11.5 Å². The van der Waals surface area contributed by atoms with Crippen LogP contribution in [0.2, 0.25) is 19.6 Å². The van der Waals surface area contributed by atoms with Gasteiger partial charge < -0.3 is 4.42 Å². The van der Waals surface area contributed by atoms with Crippen LogP contribution >= 0.6 is 11.3 Å². The molecule has 6 heterocycles. The number of hydrogen-bond acceptors (Lipinski definition) is 2. The molecule has 13 rings (SSSR count). The molecule has 0 bridgehead atoms. The number of pyridine rings is 1. The fraction of sp³-hybridized carbons (Fsp3) is 0.127. The molecule has 7 heteroatoms. The predicted octanol–water partition coefficient (Wildman–Crippen LogP) is 13.2. The molecule has 0 radical (unpaired) electrons. The second kappa shape index (κ2) is 12.5. The molecule has 298 valence electrons. The second-order valence-corrected chi connectivity index (χ2v) is 24.4. The van der Waals surface area contributed by atoms with Gasteiger partial charge in [-0.25, -0.2) is 4.39 Å². The van der Waals surface area contributed by atoms with Crippen LogP contribution in [0.3, 0.4) is 0 Å². The Balaban J connectivity index is 1.20. The Morgan fingerprint density at radius 1 is 0.677 bits per heavy atom. The Bertz CT molecular complexity index is 3810. The fourth-order valence-corrected chi connectivity index (χ4v) is 13.5. The van der Waals surface area contributed by atoms with E-state index in [1.165, 1.54) is 37.0 Å². The van der Waals surface area contributed by atoms with Crippen molar-refractivity contribution < 1.29 is 19.3 Å². The third kappa shape index (κ3) is 4.70. The molecule has 7 aromatic carbocycles. The molecule has 2 aliphatic heterocycles. The standard InChI is InChI=1S/C55H42FN3OSSi/c1-32(2)40-29-48-39-16-6-8-17-44(39)55(57(48)31-53(40)62(3,4)5)45-30-50-41(37-23-21-34(26-49(37)60-50)33-13-12-14-35(56)25-33)28-43(45)54-58(46-18-9-10-19-47(46)59(54)55)36-22-24-52-42(27-36)38-15-7-11-20-51(38)61-52/h6-32H,1-5H3/q+2/i32D. The van der Waals surface area contributed by atoms with Crippen LogP contribution in [0.5, 0.6) is 0 Å². The molecule has 0 amide bonds. The summed E-state index contributed by atoms with van der Waals surface area (Å²) < 4.78 is 41.0. The number of para-hydroxylation sites is 2. The van der Waals surface area contributed by atoms with Gasteiger partial charge in [-0.1, -0.05) is 94.2 Å². The smallest absolute Gasteiger partial charge is 0.364 e. The number of thiophene rings is 1. The number of fused-ring (bicyclic) bond motifs is 18.